The van der Waals surface area contributed by atoms with Crippen LogP contribution in [0.5, 0.6) is 0 Å². The zero-order chi connectivity index (χ0) is 17.8. The molecule has 0 spiro atoms. The normalized spacial score (nSPS) is 10.7. The molecular weight excluding hydrogens is 402 g/mol. The number of hydrogen-bond acceptors (Lipinski definition) is 5. The molecule has 0 unspecified atom stereocenters. The molecule has 0 saturated heterocycles. The van der Waals surface area contributed by atoms with E-state index in [1.165, 1.54) is 17.3 Å². The monoisotopic (exact) mass is 417 g/mol. The Morgan fingerprint density at radius 2 is 1.96 bits per heavy atom. The summed E-state index contributed by atoms with van der Waals surface area (Å²) in [4.78, 5) is 12.1. The molecule has 0 atom stereocenters. The Morgan fingerprint density at radius 1 is 1.20 bits per heavy atom. The maximum Gasteiger partial charge on any atom is 0.234 e. The first-order valence-corrected chi connectivity index (χ1v) is 9.35. The van der Waals surface area contributed by atoms with Crippen molar-refractivity contribution in [2.75, 3.05) is 11.1 Å². The van der Waals surface area contributed by atoms with Gasteiger partial charge in [0.2, 0.25) is 11.1 Å². The molecule has 0 fully saturated rings. The third-order valence-electron chi connectivity index (χ3n) is 3.48. The molecule has 3 aromatic rings. The average Bonchev–Trinajstić information content (AvgIpc) is 3.03. The van der Waals surface area contributed by atoms with E-state index in [1.54, 1.807) is 4.68 Å². The van der Waals surface area contributed by atoms with E-state index in [2.05, 4.69) is 42.8 Å². The van der Waals surface area contributed by atoms with Gasteiger partial charge >= 0.3 is 0 Å². The van der Waals surface area contributed by atoms with E-state index in [9.17, 15) is 4.79 Å². The molecule has 1 aromatic heterocycles. The second-order valence-corrected chi connectivity index (χ2v) is 7.37. The van der Waals surface area contributed by atoms with Crippen LogP contribution in [0.1, 0.15) is 11.1 Å². The van der Waals surface area contributed by atoms with E-state index in [-0.39, 0.29) is 11.7 Å². The first-order chi connectivity index (χ1) is 12.0. The number of halogens is 1. The van der Waals surface area contributed by atoms with Crippen molar-refractivity contribution in [1.82, 2.24) is 20.2 Å². The summed E-state index contributed by atoms with van der Waals surface area (Å²) in [7, 11) is 0. The highest BCUT2D eigenvalue weighted by molar-refractivity contribution is 9.10. The number of aromatic nitrogens is 4. The van der Waals surface area contributed by atoms with Crippen LogP contribution in [-0.2, 0) is 4.79 Å². The van der Waals surface area contributed by atoms with Crippen LogP contribution in [0.3, 0.4) is 0 Å². The minimum Gasteiger partial charge on any atom is -0.325 e. The molecule has 0 saturated carbocycles. The maximum absolute atomic E-state index is 12.1. The van der Waals surface area contributed by atoms with Crippen LogP contribution < -0.4 is 5.32 Å². The highest BCUT2D eigenvalue weighted by Gasteiger charge is 2.13. The number of aryl methyl sites for hydroxylation is 2. The summed E-state index contributed by atoms with van der Waals surface area (Å²) in [6.45, 7) is 4.05. The molecule has 0 bridgehead atoms. The van der Waals surface area contributed by atoms with Crippen molar-refractivity contribution in [1.29, 1.82) is 0 Å². The molecule has 2 aromatic carbocycles. The van der Waals surface area contributed by atoms with Crippen molar-refractivity contribution in [2.24, 2.45) is 0 Å². The van der Waals surface area contributed by atoms with E-state index >= 15 is 0 Å². The molecule has 0 radical (unpaired) electrons. The second-order valence-electron chi connectivity index (χ2n) is 5.51. The van der Waals surface area contributed by atoms with Crippen molar-refractivity contribution in [3.05, 3.63) is 58.1 Å². The zero-order valence-corrected chi connectivity index (χ0v) is 16.1. The Morgan fingerprint density at radius 3 is 2.68 bits per heavy atom. The van der Waals surface area contributed by atoms with E-state index in [0.29, 0.717) is 5.16 Å². The SMILES string of the molecule is Cc1ccc(-n2nnnc2SCC(=O)Nc2ccc(Br)cc2)c(C)c1. The van der Waals surface area contributed by atoms with Crippen LogP contribution >= 0.6 is 27.7 Å². The lowest BCUT2D eigenvalue weighted by Crippen LogP contribution is -2.14. The van der Waals surface area contributed by atoms with Crippen LogP contribution in [-0.4, -0.2) is 31.9 Å². The molecular formula is C17H16BrN5OS. The van der Waals surface area contributed by atoms with Gasteiger partial charge in [-0.25, -0.2) is 0 Å². The fraction of sp³-hybridized carbons (Fsp3) is 0.176. The summed E-state index contributed by atoms with van der Waals surface area (Å²) in [6.07, 6.45) is 0. The van der Waals surface area contributed by atoms with E-state index < -0.39 is 0 Å². The number of benzene rings is 2. The number of carbonyl (C=O) groups excluding carboxylic acids is 1. The van der Waals surface area contributed by atoms with Gasteiger partial charge in [-0.3, -0.25) is 4.79 Å². The zero-order valence-electron chi connectivity index (χ0n) is 13.7. The maximum atomic E-state index is 12.1. The lowest BCUT2D eigenvalue weighted by molar-refractivity contribution is -0.113. The van der Waals surface area contributed by atoms with Crippen molar-refractivity contribution in [2.45, 2.75) is 19.0 Å². The number of tetrazole rings is 1. The number of amides is 1. The molecule has 128 valence electrons. The predicted molar refractivity (Wildman–Crippen MR) is 102 cm³/mol. The van der Waals surface area contributed by atoms with Gasteiger partial charge in [-0.2, -0.15) is 4.68 Å². The van der Waals surface area contributed by atoms with Gasteiger partial charge in [-0.1, -0.05) is 45.4 Å². The largest absolute Gasteiger partial charge is 0.325 e. The van der Waals surface area contributed by atoms with Crippen LogP contribution in [0.15, 0.2) is 52.1 Å². The minimum atomic E-state index is -0.109. The Hall–Kier alpha value is -2.19. The van der Waals surface area contributed by atoms with Crippen LogP contribution in [0.4, 0.5) is 5.69 Å². The Bertz CT molecular complexity index is 894. The number of nitrogens with zero attached hydrogens (tertiary/aromatic N) is 4. The van der Waals surface area contributed by atoms with Gasteiger partial charge in [0.15, 0.2) is 0 Å². The van der Waals surface area contributed by atoms with E-state index in [0.717, 1.165) is 21.4 Å². The molecule has 8 heteroatoms. The average molecular weight is 418 g/mol. The molecule has 25 heavy (non-hydrogen) atoms. The van der Waals surface area contributed by atoms with Gasteiger partial charge in [-0.05, 0) is 60.2 Å². The molecule has 1 N–H and O–H groups in total. The Kier molecular flexibility index (Phi) is 5.50. The second kappa shape index (κ2) is 7.79. The van der Waals surface area contributed by atoms with Gasteiger partial charge in [-0.15, -0.1) is 5.10 Å². The number of thioether (sulfide) groups is 1. The molecule has 0 aliphatic carbocycles. The van der Waals surface area contributed by atoms with Gasteiger partial charge in [0, 0.05) is 10.2 Å². The molecule has 0 aliphatic rings. The number of rotatable bonds is 5. The first kappa shape index (κ1) is 17.6. The fourth-order valence-corrected chi connectivity index (χ4v) is 3.27. The molecule has 1 amide bonds. The van der Waals surface area contributed by atoms with Crippen molar-refractivity contribution >= 4 is 39.3 Å². The first-order valence-electron chi connectivity index (χ1n) is 7.57. The summed E-state index contributed by atoms with van der Waals surface area (Å²) < 4.78 is 2.62. The molecule has 6 nitrogen and oxygen atoms in total. The van der Waals surface area contributed by atoms with Gasteiger partial charge in [0.05, 0.1) is 11.4 Å². The minimum absolute atomic E-state index is 0.109. The lowest BCUT2D eigenvalue weighted by Gasteiger charge is -2.08. The van der Waals surface area contributed by atoms with Crippen LogP contribution in [0, 0.1) is 13.8 Å². The third kappa shape index (κ3) is 4.46. The lowest BCUT2D eigenvalue weighted by atomic mass is 10.1. The topological polar surface area (TPSA) is 72.7 Å². The summed E-state index contributed by atoms with van der Waals surface area (Å²) in [5.74, 6) is 0.115. The highest BCUT2D eigenvalue weighted by atomic mass is 79.9. The summed E-state index contributed by atoms with van der Waals surface area (Å²) >= 11 is 4.66. The summed E-state index contributed by atoms with van der Waals surface area (Å²) in [5, 5.41) is 15.2. The van der Waals surface area contributed by atoms with E-state index in [4.69, 9.17) is 0 Å². The Balaban J connectivity index is 1.67. The smallest absolute Gasteiger partial charge is 0.234 e. The van der Waals surface area contributed by atoms with Crippen molar-refractivity contribution < 1.29 is 4.79 Å². The molecule has 3 rings (SSSR count). The quantitative estimate of drug-likeness (QED) is 0.639. The number of carbonyl (C=O) groups is 1. The van der Waals surface area contributed by atoms with Crippen molar-refractivity contribution in [3.8, 4) is 5.69 Å². The van der Waals surface area contributed by atoms with Gasteiger partial charge < -0.3 is 5.32 Å². The molecule has 0 aliphatic heterocycles. The Labute approximate surface area is 158 Å². The third-order valence-corrected chi connectivity index (χ3v) is 4.93. The molecule has 1 heterocycles. The van der Waals surface area contributed by atoms with Crippen molar-refractivity contribution in [3.63, 3.8) is 0 Å². The summed E-state index contributed by atoms with van der Waals surface area (Å²) in [5.41, 5.74) is 3.92. The standard InChI is InChI=1S/C17H16BrN5OS/c1-11-3-8-15(12(2)9-11)23-17(20-21-22-23)25-10-16(24)19-14-6-4-13(18)5-7-14/h3-9H,10H2,1-2H3,(H,19,24). The van der Waals surface area contributed by atoms with Gasteiger partial charge in [0.1, 0.15) is 0 Å². The highest BCUT2D eigenvalue weighted by Crippen LogP contribution is 2.22. The summed E-state index contributed by atoms with van der Waals surface area (Å²) in [6, 6.07) is 13.5. The van der Waals surface area contributed by atoms with Crippen LogP contribution in [0.2, 0.25) is 0 Å². The van der Waals surface area contributed by atoms with Crippen LogP contribution in [0.25, 0.3) is 5.69 Å². The van der Waals surface area contributed by atoms with Gasteiger partial charge in [0.25, 0.3) is 0 Å². The van der Waals surface area contributed by atoms with E-state index in [1.807, 2.05) is 50.2 Å². The fourth-order valence-electron chi connectivity index (χ4n) is 2.32. The number of nitrogens with one attached hydrogen (secondary N) is 1. The number of hydrogen-bond donors (Lipinski definition) is 1. The number of anilines is 1. The predicted octanol–water partition coefficient (Wildman–Crippen LogP) is 3.77.